The van der Waals surface area contributed by atoms with Crippen LogP contribution in [-0.4, -0.2) is 28.0 Å². The highest BCUT2D eigenvalue weighted by atomic mass is 79.9. The van der Waals surface area contributed by atoms with Crippen molar-refractivity contribution < 1.29 is 15.0 Å². The van der Waals surface area contributed by atoms with Crippen LogP contribution < -0.4 is 5.32 Å². The maximum absolute atomic E-state index is 10.7. The minimum Gasteiger partial charge on any atom is -0.508 e. The first-order valence-electron chi connectivity index (χ1n) is 4.59. The van der Waals surface area contributed by atoms with E-state index in [9.17, 15) is 9.90 Å². The van der Waals surface area contributed by atoms with Gasteiger partial charge in [0.15, 0.2) is 0 Å². The molecule has 1 atom stereocenters. The standard InChI is InChI=1S/C10H12BrNO3S/c11-7-1-2-9(13)6(3-7)4-12-8(5-16)10(14)15/h1-3,8,12-13,16H,4-5H2,(H,14,15)/t8-/m0/s1. The van der Waals surface area contributed by atoms with E-state index in [2.05, 4.69) is 33.9 Å². The van der Waals surface area contributed by atoms with Crippen LogP contribution in [0.5, 0.6) is 5.75 Å². The molecule has 0 amide bonds. The zero-order valence-corrected chi connectivity index (χ0v) is 10.8. The van der Waals surface area contributed by atoms with Crippen molar-refractivity contribution >= 4 is 34.5 Å². The van der Waals surface area contributed by atoms with Crippen molar-refractivity contribution in [3.05, 3.63) is 28.2 Å². The highest BCUT2D eigenvalue weighted by Gasteiger charge is 2.14. The maximum atomic E-state index is 10.7. The van der Waals surface area contributed by atoms with Gasteiger partial charge in [0.25, 0.3) is 0 Å². The summed E-state index contributed by atoms with van der Waals surface area (Å²) in [4.78, 5) is 10.7. The summed E-state index contributed by atoms with van der Waals surface area (Å²) in [6.45, 7) is 0.281. The van der Waals surface area contributed by atoms with Crippen LogP contribution in [0, 0.1) is 0 Å². The van der Waals surface area contributed by atoms with Gasteiger partial charge in [-0.15, -0.1) is 0 Å². The number of nitrogens with one attached hydrogen (secondary N) is 1. The molecule has 0 aromatic heterocycles. The number of thiol groups is 1. The molecule has 1 aromatic carbocycles. The third-order valence-electron chi connectivity index (χ3n) is 2.06. The molecule has 0 radical (unpaired) electrons. The second-order valence-corrected chi connectivity index (χ2v) is 4.51. The Morgan fingerprint density at radius 3 is 2.81 bits per heavy atom. The van der Waals surface area contributed by atoms with Gasteiger partial charge >= 0.3 is 5.97 Å². The van der Waals surface area contributed by atoms with Gasteiger partial charge in [0.1, 0.15) is 11.8 Å². The first-order valence-corrected chi connectivity index (χ1v) is 6.01. The van der Waals surface area contributed by atoms with E-state index >= 15 is 0 Å². The zero-order chi connectivity index (χ0) is 12.1. The minimum absolute atomic E-state index is 0.138. The fourth-order valence-electron chi connectivity index (χ4n) is 1.16. The minimum atomic E-state index is -0.954. The van der Waals surface area contributed by atoms with E-state index in [1.807, 2.05) is 0 Å². The lowest BCUT2D eigenvalue weighted by Gasteiger charge is -2.12. The van der Waals surface area contributed by atoms with E-state index in [0.717, 1.165) is 4.47 Å². The number of carbonyl (C=O) groups is 1. The monoisotopic (exact) mass is 305 g/mol. The Bertz CT molecular complexity index is 386. The van der Waals surface area contributed by atoms with Crippen LogP contribution in [0.25, 0.3) is 0 Å². The molecule has 0 aliphatic heterocycles. The number of rotatable bonds is 5. The summed E-state index contributed by atoms with van der Waals surface area (Å²) < 4.78 is 0.833. The summed E-state index contributed by atoms with van der Waals surface area (Å²) >= 11 is 7.21. The molecular weight excluding hydrogens is 294 g/mol. The molecule has 16 heavy (non-hydrogen) atoms. The molecular formula is C10H12BrNO3S. The SMILES string of the molecule is O=C(O)[C@H](CS)NCc1cc(Br)ccc1O. The Kier molecular flexibility index (Phi) is 5.11. The van der Waals surface area contributed by atoms with Gasteiger partial charge < -0.3 is 10.2 Å². The number of aliphatic carboxylic acids is 1. The summed E-state index contributed by atoms with van der Waals surface area (Å²) in [5.41, 5.74) is 0.641. The third kappa shape index (κ3) is 3.70. The molecule has 1 rings (SSSR count). The molecule has 0 aliphatic rings. The number of phenolic OH excluding ortho intramolecular Hbond substituents is 1. The topological polar surface area (TPSA) is 69.6 Å². The molecule has 0 fully saturated rings. The van der Waals surface area contributed by atoms with E-state index in [1.165, 1.54) is 0 Å². The van der Waals surface area contributed by atoms with E-state index in [0.29, 0.717) is 5.56 Å². The van der Waals surface area contributed by atoms with Crippen molar-refractivity contribution in [3.8, 4) is 5.75 Å². The van der Waals surface area contributed by atoms with E-state index < -0.39 is 12.0 Å². The van der Waals surface area contributed by atoms with E-state index in [-0.39, 0.29) is 18.0 Å². The van der Waals surface area contributed by atoms with Crippen molar-refractivity contribution in [3.63, 3.8) is 0 Å². The number of phenols is 1. The van der Waals surface area contributed by atoms with Gasteiger partial charge in [0.05, 0.1) is 0 Å². The van der Waals surface area contributed by atoms with Crippen LogP contribution in [0.4, 0.5) is 0 Å². The molecule has 88 valence electrons. The van der Waals surface area contributed by atoms with Crippen LogP contribution >= 0.6 is 28.6 Å². The molecule has 0 saturated carbocycles. The Morgan fingerprint density at radius 2 is 2.25 bits per heavy atom. The van der Waals surface area contributed by atoms with Crippen LogP contribution in [-0.2, 0) is 11.3 Å². The predicted molar refractivity (Wildman–Crippen MR) is 67.9 cm³/mol. The molecule has 0 aliphatic carbocycles. The Balaban J connectivity index is 2.66. The zero-order valence-electron chi connectivity index (χ0n) is 8.35. The number of halogens is 1. The Labute approximate surface area is 107 Å². The van der Waals surface area contributed by atoms with Crippen molar-refractivity contribution in [1.29, 1.82) is 0 Å². The number of hydrogen-bond acceptors (Lipinski definition) is 4. The first kappa shape index (κ1) is 13.3. The lowest BCUT2D eigenvalue weighted by molar-refractivity contribution is -0.138. The van der Waals surface area contributed by atoms with Crippen LogP contribution in [0.15, 0.2) is 22.7 Å². The molecule has 1 aromatic rings. The van der Waals surface area contributed by atoms with Gasteiger partial charge in [-0.1, -0.05) is 15.9 Å². The molecule has 6 heteroatoms. The number of benzene rings is 1. The smallest absolute Gasteiger partial charge is 0.321 e. The highest BCUT2D eigenvalue weighted by Crippen LogP contribution is 2.21. The van der Waals surface area contributed by atoms with Crippen molar-refractivity contribution in [2.24, 2.45) is 0 Å². The normalized spacial score (nSPS) is 12.4. The second kappa shape index (κ2) is 6.12. The molecule has 4 nitrogen and oxygen atoms in total. The lowest BCUT2D eigenvalue weighted by atomic mass is 10.2. The Hall–Kier alpha value is -0.720. The van der Waals surface area contributed by atoms with Crippen molar-refractivity contribution in [1.82, 2.24) is 5.32 Å². The maximum Gasteiger partial charge on any atom is 0.321 e. The Morgan fingerprint density at radius 1 is 1.56 bits per heavy atom. The molecule has 0 unspecified atom stereocenters. The van der Waals surface area contributed by atoms with Gasteiger partial charge in [-0.2, -0.15) is 12.6 Å². The summed E-state index contributed by atoms with van der Waals surface area (Å²) in [6.07, 6.45) is 0. The molecule has 3 N–H and O–H groups in total. The third-order valence-corrected chi connectivity index (χ3v) is 2.92. The summed E-state index contributed by atoms with van der Waals surface area (Å²) in [6, 6.07) is 4.28. The summed E-state index contributed by atoms with van der Waals surface area (Å²) in [5, 5.41) is 21.1. The molecule has 0 saturated heterocycles. The number of carboxylic acids is 1. The van der Waals surface area contributed by atoms with Crippen molar-refractivity contribution in [2.45, 2.75) is 12.6 Å². The average molecular weight is 306 g/mol. The molecule has 0 spiro atoms. The second-order valence-electron chi connectivity index (χ2n) is 3.23. The quantitative estimate of drug-likeness (QED) is 0.624. The highest BCUT2D eigenvalue weighted by molar-refractivity contribution is 9.10. The van der Waals surface area contributed by atoms with E-state index in [1.54, 1.807) is 18.2 Å². The fraction of sp³-hybridized carbons (Fsp3) is 0.300. The number of aromatic hydroxyl groups is 1. The van der Waals surface area contributed by atoms with Crippen molar-refractivity contribution in [2.75, 3.05) is 5.75 Å². The van der Waals surface area contributed by atoms with Gasteiger partial charge in [-0.3, -0.25) is 10.1 Å². The first-order chi connectivity index (χ1) is 7.54. The van der Waals surface area contributed by atoms with Gasteiger partial charge in [0, 0.05) is 22.3 Å². The van der Waals surface area contributed by atoms with Gasteiger partial charge in [-0.25, -0.2) is 0 Å². The summed E-state index contributed by atoms with van der Waals surface area (Å²) in [7, 11) is 0. The molecule has 0 heterocycles. The lowest BCUT2D eigenvalue weighted by Crippen LogP contribution is -2.37. The predicted octanol–water partition coefficient (Wildman–Crippen LogP) is 1.63. The fourth-order valence-corrected chi connectivity index (χ4v) is 1.85. The van der Waals surface area contributed by atoms with Crippen LogP contribution in [0.1, 0.15) is 5.56 Å². The van der Waals surface area contributed by atoms with Crippen LogP contribution in [0.3, 0.4) is 0 Å². The average Bonchev–Trinajstić information content (AvgIpc) is 2.23. The van der Waals surface area contributed by atoms with E-state index in [4.69, 9.17) is 5.11 Å². The van der Waals surface area contributed by atoms with Gasteiger partial charge in [-0.05, 0) is 18.2 Å². The van der Waals surface area contributed by atoms with Crippen LogP contribution in [0.2, 0.25) is 0 Å². The van der Waals surface area contributed by atoms with Gasteiger partial charge in [0.2, 0.25) is 0 Å². The largest absolute Gasteiger partial charge is 0.508 e. The number of hydrogen-bond donors (Lipinski definition) is 4. The molecule has 0 bridgehead atoms. The summed E-state index contributed by atoms with van der Waals surface area (Å²) in [5.74, 6) is -0.618. The number of carboxylic acid groups (broad SMARTS) is 1.